The van der Waals surface area contributed by atoms with Gasteiger partial charge in [-0.05, 0) is 57.6 Å². The van der Waals surface area contributed by atoms with Gasteiger partial charge in [0, 0.05) is 37.4 Å². The fourth-order valence-corrected chi connectivity index (χ4v) is 5.87. The molecule has 2 aromatic heterocycles. The van der Waals surface area contributed by atoms with E-state index in [0.717, 1.165) is 47.5 Å². The van der Waals surface area contributed by atoms with Crippen molar-refractivity contribution in [3.63, 3.8) is 0 Å². The highest BCUT2D eigenvalue weighted by molar-refractivity contribution is 7.17. The molecule has 0 atom stereocenters. The fraction of sp³-hybridized carbons (Fsp3) is 0.630. The lowest BCUT2D eigenvalue weighted by atomic mass is 9.95. The number of hydrogen-bond acceptors (Lipinski definition) is 7. The fourth-order valence-electron chi connectivity index (χ4n) is 4.85. The van der Waals surface area contributed by atoms with Crippen molar-refractivity contribution in [3.8, 4) is 10.4 Å². The average Bonchev–Trinajstić information content (AvgIpc) is 3.33. The van der Waals surface area contributed by atoms with E-state index < -0.39 is 17.7 Å². The summed E-state index contributed by atoms with van der Waals surface area (Å²) < 4.78 is 13.7. The lowest BCUT2D eigenvalue weighted by Crippen LogP contribution is -2.39. The maximum atomic E-state index is 13.7. The number of carbonyl (C=O) groups is 2. The summed E-state index contributed by atoms with van der Waals surface area (Å²) in [6.45, 7) is 5.95. The number of anilines is 1. The molecule has 3 heterocycles. The summed E-state index contributed by atoms with van der Waals surface area (Å²) in [5.74, 6) is 0.0701. The first-order chi connectivity index (χ1) is 17.6. The summed E-state index contributed by atoms with van der Waals surface area (Å²) >= 11 is 1.15. The normalized spacial score (nSPS) is 17.6. The van der Waals surface area contributed by atoms with Crippen LogP contribution in [0.3, 0.4) is 0 Å². The molecule has 3 N–H and O–H groups in total. The largest absolute Gasteiger partial charge is 0.389 e. The number of rotatable bonds is 8. The summed E-state index contributed by atoms with van der Waals surface area (Å²) in [6, 6.07) is 2.45. The van der Waals surface area contributed by atoms with Crippen molar-refractivity contribution in [2.75, 3.05) is 25.0 Å². The molecule has 37 heavy (non-hydrogen) atoms. The van der Waals surface area contributed by atoms with Crippen molar-refractivity contribution >= 4 is 29.0 Å². The second-order valence-corrected chi connectivity index (χ2v) is 11.7. The number of carbonyl (C=O) groups excluding carboxylic acids is 2. The molecule has 0 radical (unpaired) electrons. The topological polar surface area (TPSA) is 107 Å². The second kappa shape index (κ2) is 11.9. The van der Waals surface area contributed by atoms with Crippen LogP contribution >= 0.6 is 11.3 Å². The number of amides is 2. The first kappa shape index (κ1) is 27.4. The molecule has 202 valence electrons. The molecule has 0 spiro atoms. The molecular formula is C27H38FN5O3S. The SMILES string of the molecule is CCc1cc(NC2CCCCC2)ncc1-c1sc(C(=O)NCC(C)(C)O)nc1C(=O)N1CCC(F)CC1. The van der Waals surface area contributed by atoms with Gasteiger partial charge in [-0.15, -0.1) is 11.3 Å². The van der Waals surface area contributed by atoms with Gasteiger partial charge in [-0.2, -0.15) is 0 Å². The van der Waals surface area contributed by atoms with Crippen LogP contribution in [0.5, 0.6) is 0 Å². The third-order valence-corrected chi connectivity index (χ3v) is 8.08. The van der Waals surface area contributed by atoms with E-state index >= 15 is 0 Å². The molecule has 0 bridgehead atoms. The summed E-state index contributed by atoms with van der Waals surface area (Å²) in [4.78, 5) is 37.8. The van der Waals surface area contributed by atoms with Gasteiger partial charge in [0.25, 0.3) is 11.8 Å². The highest BCUT2D eigenvalue weighted by atomic mass is 32.1. The average molecular weight is 532 g/mol. The van der Waals surface area contributed by atoms with E-state index in [1.54, 1.807) is 24.9 Å². The van der Waals surface area contributed by atoms with E-state index in [0.29, 0.717) is 36.9 Å². The number of aliphatic hydroxyl groups is 1. The van der Waals surface area contributed by atoms with Crippen molar-refractivity contribution in [1.29, 1.82) is 0 Å². The van der Waals surface area contributed by atoms with Crippen LogP contribution in [0.15, 0.2) is 12.3 Å². The minimum Gasteiger partial charge on any atom is -0.389 e. The Bertz CT molecular complexity index is 1100. The molecule has 0 unspecified atom stereocenters. The van der Waals surface area contributed by atoms with Crippen molar-refractivity contribution in [1.82, 2.24) is 20.2 Å². The van der Waals surface area contributed by atoms with E-state index in [1.165, 1.54) is 19.3 Å². The minimum atomic E-state index is -1.08. The lowest BCUT2D eigenvalue weighted by molar-refractivity contribution is 0.0660. The zero-order valence-corrected chi connectivity index (χ0v) is 22.8. The zero-order chi connectivity index (χ0) is 26.6. The molecule has 1 aliphatic heterocycles. The van der Waals surface area contributed by atoms with E-state index in [1.807, 2.05) is 6.07 Å². The third-order valence-electron chi connectivity index (χ3n) is 6.99. The van der Waals surface area contributed by atoms with Crippen LogP contribution in [0.2, 0.25) is 0 Å². The van der Waals surface area contributed by atoms with Gasteiger partial charge in [0.1, 0.15) is 17.7 Å². The Balaban J connectivity index is 1.66. The molecule has 1 saturated carbocycles. The second-order valence-electron chi connectivity index (χ2n) is 10.7. The monoisotopic (exact) mass is 531 g/mol. The predicted octanol–water partition coefficient (Wildman–Crippen LogP) is 4.59. The van der Waals surface area contributed by atoms with Gasteiger partial charge in [0.15, 0.2) is 5.01 Å². The summed E-state index contributed by atoms with van der Waals surface area (Å²) in [5, 5.41) is 16.4. The van der Waals surface area contributed by atoms with Crippen LogP contribution in [0.4, 0.5) is 10.2 Å². The maximum absolute atomic E-state index is 13.7. The Morgan fingerprint density at radius 2 is 1.89 bits per heavy atom. The number of halogens is 1. The number of aromatic nitrogens is 2. The van der Waals surface area contributed by atoms with Crippen molar-refractivity contribution in [2.24, 2.45) is 0 Å². The molecule has 2 aliphatic rings. The lowest BCUT2D eigenvalue weighted by Gasteiger charge is -2.28. The minimum absolute atomic E-state index is 0.0529. The molecule has 4 rings (SSSR count). The van der Waals surface area contributed by atoms with Gasteiger partial charge in [-0.25, -0.2) is 14.4 Å². The van der Waals surface area contributed by atoms with Gasteiger partial charge in [-0.1, -0.05) is 26.2 Å². The third kappa shape index (κ3) is 7.04. The van der Waals surface area contributed by atoms with Crippen LogP contribution in [0, 0.1) is 0 Å². The summed E-state index contributed by atoms with van der Waals surface area (Å²) in [5.41, 5.74) is 0.905. The van der Waals surface area contributed by atoms with Gasteiger partial charge in [0.2, 0.25) is 0 Å². The number of aryl methyl sites for hydroxylation is 1. The van der Waals surface area contributed by atoms with Gasteiger partial charge < -0.3 is 20.6 Å². The zero-order valence-electron chi connectivity index (χ0n) is 22.0. The Morgan fingerprint density at radius 1 is 1.19 bits per heavy atom. The number of likely N-dealkylation sites (tertiary alicyclic amines) is 1. The number of nitrogens with zero attached hydrogens (tertiary/aromatic N) is 3. The maximum Gasteiger partial charge on any atom is 0.280 e. The first-order valence-corrected chi connectivity index (χ1v) is 14.2. The highest BCUT2D eigenvalue weighted by Crippen LogP contribution is 2.35. The molecule has 10 heteroatoms. The Hall–Kier alpha value is -2.59. The molecule has 2 amide bonds. The quantitative estimate of drug-likeness (QED) is 0.460. The van der Waals surface area contributed by atoms with Gasteiger partial charge in [0.05, 0.1) is 10.5 Å². The molecule has 8 nitrogen and oxygen atoms in total. The predicted molar refractivity (Wildman–Crippen MR) is 144 cm³/mol. The smallest absolute Gasteiger partial charge is 0.280 e. The van der Waals surface area contributed by atoms with E-state index in [2.05, 4.69) is 27.5 Å². The molecular weight excluding hydrogens is 493 g/mol. The van der Waals surface area contributed by atoms with E-state index in [9.17, 15) is 19.1 Å². The Kier molecular flexibility index (Phi) is 8.79. The van der Waals surface area contributed by atoms with Crippen molar-refractivity contribution in [2.45, 2.75) is 90.0 Å². The number of alkyl halides is 1. The van der Waals surface area contributed by atoms with Gasteiger partial charge >= 0.3 is 0 Å². The number of piperidine rings is 1. The Labute approximate surface area is 222 Å². The van der Waals surface area contributed by atoms with Crippen molar-refractivity contribution in [3.05, 3.63) is 28.5 Å². The number of pyridine rings is 1. The molecule has 1 saturated heterocycles. The van der Waals surface area contributed by atoms with Crippen LogP contribution < -0.4 is 10.6 Å². The number of nitrogens with one attached hydrogen (secondary N) is 2. The first-order valence-electron chi connectivity index (χ1n) is 13.3. The highest BCUT2D eigenvalue weighted by Gasteiger charge is 2.30. The molecule has 2 aromatic rings. The number of hydrogen-bond donors (Lipinski definition) is 3. The van der Waals surface area contributed by atoms with Gasteiger partial charge in [-0.3, -0.25) is 9.59 Å². The van der Waals surface area contributed by atoms with E-state index in [-0.39, 0.29) is 23.2 Å². The van der Waals surface area contributed by atoms with Crippen molar-refractivity contribution < 1.29 is 19.1 Å². The Morgan fingerprint density at radius 3 is 2.54 bits per heavy atom. The standard InChI is InChI=1S/C27H38FN5O3S/c1-4-17-14-21(31-19-8-6-5-7-9-19)29-15-20(17)23-22(26(35)33-12-10-18(28)11-13-33)32-25(37-23)24(34)30-16-27(2,3)36/h14-15,18-19,36H,4-13,16H2,1-3H3,(H,29,31)(H,30,34). The van der Waals surface area contributed by atoms with E-state index in [4.69, 9.17) is 0 Å². The molecule has 0 aromatic carbocycles. The summed E-state index contributed by atoms with van der Waals surface area (Å²) in [7, 11) is 0. The van der Waals surface area contributed by atoms with Crippen LogP contribution in [-0.4, -0.2) is 69.2 Å². The summed E-state index contributed by atoms with van der Waals surface area (Å²) in [6.07, 6.45) is 8.18. The molecule has 2 fully saturated rings. The van der Waals surface area contributed by atoms with Crippen LogP contribution in [0.25, 0.3) is 10.4 Å². The van der Waals surface area contributed by atoms with Crippen LogP contribution in [0.1, 0.15) is 91.6 Å². The number of thiazole rings is 1. The van der Waals surface area contributed by atoms with Crippen LogP contribution in [-0.2, 0) is 6.42 Å². The molecule has 1 aliphatic carbocycles.